The molecule has 0 aromatic heterocycles. The summed E-state index contributed by atoms with van der Waals surface area (Å²) < 4.78 is 10.5. The summed E-state index contributed by atoms with van der Waals surface area (Å²) in [5, 5.41) is 0. The molecule has 0 aliphatic carbocycles. The van der Waals surface area contributed by atoms with Gasteiger partial charge in [0.25, 0.3) is 0 Å². The smallest absolute Gasteiger partial charge is 0.118 e. The predicted octanol–water partition coefficient (Wildman–Crippen LogP) is 2.44. The van der Waals surface area contributed by atoms with Gasteiger partial charge in [0.1, 0.15) is 5.75 Å². The third-order valence-electron chi connectivity index (χ3n) is 4.65. The van der Waals surface area contributed by atoms with E-state index in [0.29, 0.717) is 12.0 Å². The topological polar surface area (TPSA) is 47.7 Å². The number of nitrogens with two attached hydrogens (primary N) is 1. The monoisotopic (exact) mass is 292 g/mol. The fourth-order valence-electron chi connectivity index (χ4n) is 3.09. The van der Waals surface area contributed by atoms with Crippen LogP contribution >= 0.6 is 0 Å². The molecule has 1 aliphatic rings. The van der Waals surface area contributed by atoms with Gasteiger partial charge in [-0.05, 0) is 56.5 Å². The van der Waals surface area contributed by atoms with Crippen LogP contribution in [0.1, 0.15) is 31.4 Å². The van der Waals surface area contributed by atoms with E-state index in [9.17, 15) is 0 Å². The van der Waals surface area contributed by atoms with Crippen LogP contribution in [0.4, 0.5) is 0 Å². The van der Waals surface area contributed by atoms with Crippen LogP contribution in [-0.2, 0) is 4.74 Å². The fraction of sp³-hybridized carbons (Fsp3) is 0.647. The molecule has 1 aromatic rings. The van der Waals surface area contributed by atoms with Crippen molar-refractivity contribution in [3.63, 3.8) is 0 Å². The quantitative estimate of drug-likeness (QED) is 0.875. The van der Waals surface area contributed by atoms with Crippen molar-refractivity contribution in [2.75, 3.05) is 33.9 Å². The fourth-order valence-corrected chi connectivity index (χ4v) is 3.09. The number of likely N-dealkylation sites (tertiary alicyclic amines) is 1. The minimum atomic E-state index is 0.0369. The minimum Gasteiger partial charge on any atom is -0.497 e. The average molecular weight is 292 g/mol. The summed E-state index contributed by atoms with van der Waals surface area (Å²) in [7, 11) is 3.47. The summed E-state index contributed by atoms with van der Waals surface area (Å²) in [6.45, 7) is 5.33. The number of rotatable bonds is 6. The van der Waals surface area contributed by atoms with Gasteiger partial charge < -0.3 is 15.2 Å². The van der Waals surface area contributed by atoms with Gasteiger partial charge in [0.15, 0.2) is 0 Å². The molecule has 2 N–H and O–H groups in total. The Hall–Kier alpha value is -1.10. The second-order valence-corrected chi connectivity index (χ2v) is 5.97. The molecule has 2 atom stereocenters. The first-order valence-electron chi connectivity index (χ1n) is 7.78. The van der Waals surface area contributed by atoms with E-state index in [2.05, 4.69) is 24.0 Å². The molecular weight excluding hydrogens is 264 g/mol. The lowest BCUT2D eigenvalue weighted by Crippen LogP contribution is -2.45. The van der Waals surface area contributed by atoms with Gasteiger partial charge in [-0.2, -0.15) is 0 Å². The van der Waals surface area contributed by atoms with Crippen molar-refractivity contribution in [3.05, 3.63) is 29.8 Å². The molecule has 0 saturated carbocycles. The molecule has 1 saturated heterocycles. The van der Waals surface area contributed by atoms with Crippen molar-refractivity contribution >= 4 is 0 Å². The normalized spacial score (nSPS) is 20.2. The van der Waals surface area contributed by atoms with E-state index < -0.39 is 0 Å². The minimum absolute atomic E-state index is 0.0369. The van der Waals surface area contributed by atoms with Gasteiger partial charge in [0.2, 0.25) is 0 Å². The summed E-state index contributed by atoms with van der Waals surface area (Å²) in [5.41, 5.74) is 7.62. The van der Waals surface area contributed by atoms with E-state index in [0.717, 1.165) is 25.4 Å². The van der Waals surface area contributed by atoms with Gasteiger partial charge in [-0.15, -0.1) is 0 Å². The van der Waals surface area contributed by atoms with Crippen molar-refractivity contribution in [1.29, 1.82) is 0 Å². The van der Waals surface area contributed by atoms with Crippen LogP contribution in [0.2, 0.25) is 0 Å². The molecular formula is C17H28N2O2. The van der Waals surface area contributed by atoms with Crippen LogP contribution in [0, 0.1) is 5.92 Å². The second-order valence-electron chi connectivity index (χ2n) is 5.97. The Balaban J connectivity index is 1.91. The first-order chi connectivity index (χ1) is 10.2. The van der Waals surface area contributed by atoms with Crippen LogP contribution < -0.4 is 10.5 Å². The van der Waals surface area contributed by atoms with E-state index in [1.165, 1.54) is 18.4 Å². The van der Waals surface area contributed by atoms with Crippen molar-refractivity contribution < 1.29 is 9.47 Å². The van der Waals surface area contributed by atoms with E-state index in [1.54, 1.807) is 14.2 Å². The zero-order chi connectivity index (χ0) is 15.2. The molecule has 118 valence electrons. The standard InChI is InChI=1S/C17H28N2O2/c1-13(19-10-8-14(9-11-19)12-20-2)17(18)15-4-6-16(21-3)7-5-15/h4-7,13-14,17H,8-12,18H2,1-3H3. The Labute approximate surface area is 128 Å². The lowest BCUT2D eigenvalue weighted by atomic mass is 9.93. The maximum atomic E-state index is 6.45. The van der Waals surface area contributed by atoms with Crippen LogP contribution in [0.5, 0.6) is 5.75 Å². The summed E-state index contributed by atoms with van der Waals surface area (Å²) in [6.07, 6.45) is 2.40. The number of methoxy groups -OCH3 is 2. The van der Waals surface area contributed by atoms with Crippen LogP contribution in [0.3, 0.4) is 0 Å². The zero-order valence-corrected chi connectivity index (χ0v) is 13.4. The summed E-state index contributed by atoms with van der Waals surface area (Å²) in [6, 6.07) is 8.48. The molecule has 0 amide bonds. The first-order valence-corrected chi connectivity index (χ1v) is 7.78. The summed E-state index contributed by atoms with van der Waals surface area (Å²) in [4.78, 5) is 2.50. The van der Waals surface area contributed by atoms with Crippen molar-refractivity contribution in [3.8, 4) is 5.75 Å². The number of ether oxygens (including phenoxy) is 2. The largest absolute Gasteiger partial charge is 0.497 e. The van der Waals surface area contributed by atoms with Crippen LogP contribution in [-0.4, -0.2) is 44.9 Å². The van der Waals surface area contributed by atoms with E-state index >= 15 is 0 Å². The van der Waals surface area contributed by atoms with Crippen LogP contribution in [0.15, 0.2) is 24.3 Å². The SMILES string of the molecule is COCC1CCN(C(C)C(N)c2ccc(OC)cc2)CC1. The molecule has 0 bridgehead atoms. The third kappa shape index (κ3) is 4.19. The van der Waals surface area contributed by atoms with Crippen molar-refractivity contribution in [2.24, 2.45) is 11.7 Å². The molecule has 0 spiro atoms. The van der Waals surface area contributed by atoms with Crippen molar-refractivity contribution in [1.82, 2.24) is 4.90 Å². The highest BCUT2D eigenvalue weighted by molar-refractivity contribution is 5.29. The van der Waals surface area contributed by atoms with Gasteiger partial charge in [0, 0.05) is 25.8 Å². The maximum absolute atomic E-state index is 6.45. The predicted molar refractivity (Wildman–Crippen MR) is 85.6 cm³/mol. The molecule has 0 radical (unpaired) electrons. The lowest BCUT2D eigenvalue weighted by Gasteiger charge is -2.38. The van der Waals surface area contributed by atoms with Gasteiger partial charge in [-0.3, -0.25) is 4.90 Å². The van der Waals surface area contributed by atoms with Gasteiger partial charge in [-0.25, -0.2) is 0 Å². The molecule has 4 nitrogen and oxygen atoms in total. The number of nitrogens with zero attached hydrogens (tertiary/aromatic N) is 1. The summed E-state index contributed by atoms with van der Waals surface area (Å²) in [5.74, 6) is 1.58. The Bertz CT molecular complexity index is 413. The van der Waals surface area contributed by atoms with Gasteiger partial charge >= 0.3 is 0 Å². The molecule has 1 aliphatic heterocycles. The highest BCUT2D eigenvalue weighted by Crippen LogP contribution is 2.25. The molecule has 1 fully saturated rings. The molecule has 1 aromatic carbocycles. The Kier molecular flexibility index (Phi) is 6.03. The number of benzene rings is 1. The lowest BCUT2D eigenvalue weighted by molar-refractivity contribution is 0.0770. The van der Waals surface area contributed by atoms with E-state index in [-0.39, 0.29) is 6.04 Å². The number of hydrogen-bond acceptors (Lipinski definition) is 4. The van der Waals surface area contributed by atoms with Gasteiger partial charge in [0.05, 0.1) is 7.11 Å². The van der Waals surface area contributed by atoms with Crippen molar-refractivity contribution in [2.45, 2.75) is 31.8 Å². The molecule has 2 unspecified atom stereocenters. The molecule has 4 heteroatoms. The maximum Gasteiger partial charge on any atom is 0.118 e. The zero-order valence-electron chi connectivity index (χ0n) is 13.4. The number of piperidine rings is 1. The van der Waals surface area contributed by atoms with E-state index in [4.69, 9.17) is 15.2 Å². The summed E-state index contributed by atoms with van der Waals surface area (Å²) >= 11 is 0. The van der Waals surface area contributed by atoms with Gasteiger partial charge in [-0.1, -0.05) is 12.1 Å². The Morgan fingerprint density at radius 1 is 1.19 bits per heavy atom. The highest BCUT2D eigenvalue weighted by atomic mass is 16.5. The Morgan fingerprint density at radius 2 is 1.81 bits per heavy atom. The highest BCUT2D eigenvalue weighted by Gasteiger charge is 2.26. The van der Waals surface area contributed by atoms with E-state index in [1.807, 2.05) is 12.1 Å². The second kappa shape index (κ2) is 7.78. The average Bonchev–Trinajstić information content (AvgIpc) is 2.54. The van der Waals surface area contributed by atoms with Crippen LogP contribution in [0.25, 0.3) is 0 Å². The molecule has 2 rings (SSSR count). The number of hydrogen-bond donors (Lipinski definition) is 1. The molecule has 1 heterocycles. The molecule has 21 heavy (non-hydrogen) atoms. The third-order valence-corrected chi connectivity index (χ3v) is 4.65. The first kappa shape index (κ1) is 16.3. The Morgan fingerprint density at radius 3 is 2.33 bits per heavy atom.